The molecule has 2 N–H and O–H groups in total. The van der Waals surface area contributed by atoms with Crippen LogP contribution in [0.2, 0.25) is 5.02 Å². The second-order valence-electron chi connectivity index (χ2n) is 8.57. The van der Waals surface area contributed by atoms with Crippen LogP contribution in [-0.2, 0) is 10.2 Å². The molecule has 0 saturated heterocycles. The molecule has 0 spiro atoms. The number of hydrogen-bond acceptors (Lipinski definition) is 3. The summed E-state index contributed by atoms with van der Waals surface area (Å²) in [4.78, 5) is 25.1. The third kappa shape index (κ3) is 6.34. The van der Waals surface area contributed by atoms with Crippen LogP contribution in [0.15, 0.2) is 72.8 Å². The zero-order chi connectivity index (χ0) is 23.3. The van der Waals surface area contributed by atoms with Crippen LogP contribution in [0.1, 0.15) is 43.6 Å². The van der Waals surface area contributed by atoms with Crippen LogP contribution in [0, 0.1) is 0 Å². The lowest BCUT2D eigenvalue weighted by molar-refractivity contribution is -0.122. The Kier molecular flexibility index (Phi) is 7.21. The largest absolute Gasteiger partial charge is 0.481 e. The van der Waals surface area contributed by atoms with Crippen LogP contribution in [-0.4, -0.2) is 17.9 Å². The van der Waals surface area contributed by atoms with E-state index in [1.54, 1.807) is 55.5 Å². The van der Waals surface area contributed by atoms with E-state index in [0.29, 0.717) is 27.7 Å². The molecule has 0 aromatic heterocycles. The fourth-order valence-corrected chi connectivity index (χ4v) is 3.22. The lowest BCUT2D eigenvalue weighted by Gasteiger charge is -2.19. The summed E-state index contributed by atoms with van der Waals surface area (Å²) in [6, 6.07) is 21.4. The van der Waals surface area contributed by atoms with Gasteiger partial charge in [0.05, 0.1) is 0 Å². The first-order valence-electron chi connectivity index (χ1n) is 10.4. The average molecular weight is 451 g/mol. The molecular formula is C26H27ClN2O3. The molecule has 0 saturated carbocycles. The van der Waals surface area contributed by atoms with Crippen molar-refractivity contribution in [1.82, 2.24) is 0 Å². The summed E-state index contributed by atoms with van der Waals surface area (Å²) in [5, 5.41) is 6.21. The van der Waals surface area contributed by atoms with E-state index in [4.69, 9.17) is 16.3 Å². The summed E-state index contributed by atoms with van der Waals surface area (Å²) < 4.78 is 5.65. The number of halogens is 1. The third-order valence-electron chi connectivity index (χ3n) is 4.88. The van der Waals surface area contributed by atoms with Gasteiger partial charge in [-0.3, -0.25) is 9.59 Å². The van der Waals surface area contributed by atoms with Gasteiger partial charge in [0.15, 0.2) is 6.10 Å². The molecule has 3 aromatic rings. The van der Waals surface area contributed by atoms with Crippen LogP contribution >= 0.6 is 11.6 Å². The molecule has 3 aromatic carbocycles. The number of rotatable bonds is 6. The van der Waals surface area contributed by atoms with Crippen molar-refractivity contribution < 1.29 is 14.3 Å². The molecule has 0 radical (unpaired) electrons. The molecule has 0 bridgehead atoms. The molecule has 0 heterocycles. The quantitative estimate of drug-likeness (QED) is 0.463. The molecule has 5 nitrogen and oxygen atoms in total. The predicted octanol–water partition coefficient (Wildman–Crippen LogP) is 6.30. The van der Waals surface area contributed by atoms with E-state index in [9.17, 15) is 9.59 Å². The van der Waals surface area contributed by atoms with Crippen LogP contribution in [0.5, 0.6) is 5.75 Å². The number of amides is 2. The first kappa shape index (κ1) is 23.4. The normalized spacial score (nSPS) is 12.0. The number of benzene rings is 3. The lowest BCUT2D eigenvalue weighted by atomic mass is 9.87. The van der Waals surface area contributed by atoms with Crippen LogP contribution < -0.4 is 15.4 Å². The second-order valence-corrected chi connectivity index (χ2v) is 9.01. The smallest absolute Gasteiger partial charge is 0.265 e. The maximum Gasteiger partial charge on any atom is 0.265 e. The standard InChI is InChI=1S/C26H27ClN2O3/c1-17(32-23-10-5-7-20(27)15-23)24(30)28-21-8-6-9-22(16-21)29-25(31)18-11-13-19(14-12-18)26(2,3)4/h5-17H,1-4H3,(H,28,30)(H,29,31). The topological polar surface area (TPSA) is 67.4 Å². The van der Waals surface area contributed by atoms with Crippen molar-refractivity contribution in [2.24, 2.45) is 0 Å². The van der Waals surface area contributed by atoms with Crippen LogP contribution in [0.3, 0.4) is 0 Å². The Bertz CT molecular complexity index is 1100. The van der Waals surface area contributed by atoms with E-state index < -0.39 is 6.10 Å². The van der Waals surface area contributed by atoms with Gasteiger partial charge in [0.1, 0.15) is 5.75 Å². The van der Waals surface area contributed by atoms with Crippen LogP contribution in [0.25, 0.3) is 0 Å². The van der Waals surface area contributed by atoms with Crippen molar-refractivity contribution in [3.63, 3.8) is 0 Å². The van der Waals surface area contributed by atoms with Crippen molar-refractivity contribution >= 4 is 34.8 Å². The first-order valence-corrected chi connectivity index (χ1v) is 10.7. The minimum Gasteiger partial charge on any atom is -0.481 e. The monoisotopic (exact) mass is 450 g/mol. The molecule has 0 fully saturated rings. The van der Waals surface area contributed by atoms with Gasteiger partial charge in [-0.25, -0.2) is 0 Å². The number of carbonyl (C=O) groups is 2. The summed E-state index contributed by atoms with van der Waals surface area (Å²) in [5.41, 5.74) is 2.88. The molecule has 3 rings (SSSR count). The summed E-state index contributed by atoms with van der Waals surface area (Å²) in [6.07, 6.45) is -0.729. The van der Waals surface area contributed by atoms with Crippen LogP contribution in [0.4, 0.5) is 11.4 Å². The summed E-state index contributed by atoms with van der Waals surface area (Å²) in [5.74, 6) is -0.0172. The van der Waals surface area contributed by atoms with E-state index >= 15 is 0 Å². The minimum atomic E-state index is -0.729. The maximum atomic E-state index is 12.6. The van der Waals surface area contributed by atoms with Gasteiger partial charge in [-0.05, 0) is 66.4 Å². The van der Waals surface area contributed by atoms with Crippen molar-refractivity contribution in [3.05, 3.63) is 88.9 Å². The molecule has 6 heteroatoms. The first-order chi connectivity index (χ1) is 15.1. The van der Waals surface area contributed by atoms with Gasteiger partial charge in [-0.15, -0.1) is 0 Å². The van der Waals surface area contributed by atoms with Gasteiger partial charge < -0.3 is 15.4 Å². The number of nitrogens with one attached hydrogen (secondary N) is 2. The van der Waals surface area contributed by atoms with Gasteiger partial charge in [-0.2, -0.15) is 0 Å². The van der Waals surface area contributed by atoms with E-state index in [1.807, 2.05) is 24.3 Å². The highest BCUT2D eigenvalue weighted by molar-refractivity contribution is 6.30. The Morgan fingerprint density at radius 1 is 0.875 bits per heavy atom. The second kappa shape index (κ2) is 9.88. The van der Waals surface area contributed by atoms with Crippen molar-refractivity contribution in [2.75, 3.05) is 10.6 Å². The van der Waals surface area contributed by atoms with Gasteiger partial charge in [-0.1, -0.05) is 56.6 Å². The Hall–Kier alpha value is -3.31. The van der Waals surface area contributed by atoms with E-state index in [0.717, 1.165) is 5.56 Å². The van der Waals surface area contributed by atoms with Gasteiger partial charge in [0, 0.05) is 22.0 Å². The Labute approximate surface area is 193 Å². The third-order valence-corrected chi connectivity index (χ3v) is 5.11. The highest BCUT2D eigenvalue weighted by Crippen LogP contribution is 2.23. The van der Waals surface area contributed by atoms with Gasteiger partial charge in [0.2, 0.25) is 0 Å². The fraction of sp³-hybridized carbons (Fsp3) is 0.231. The highest BCUT2D eigenvalue weighted by atomic mass is 35.5. The molecule has 1 atom stereocenters. The Morgan fingerprint density at radius 2 is 1.50 bits per heavy atom. The average Bonchev–Trinajstić information content (AvgIpc) is 2.73. The summed E-state index contributed by atoms with van der Waals surface area (Å²) in [7, 11) is 0. The number of ether oxygens (including phenoxy) is 1. The van der Waals surface area contributed by atoms with Gasteiger partial charge in [0.25, 0.3) is 11.8 Å². The molecule has 0 aliphatic heterocycles. The van der Waals surface area contributed by atoms with Crippen molar-refractivity contribution in [1.29, 1.82) is 0 Å². The summed E-state index contributed by atoms with van der Waals surface area (Å²) in [6.45, 7) is 8.04. The lowest BCUT2D eigenvalue weighted by Crippen LogP contribution is -2.30. The molecule has 0 aliphatic rings. The SMILES string of the molecule is CC(Oc1cccc(Cl)c1)C(=O)Nc1cccc(NC(=O)c2ccc(C(C)(C)C)cc2)c1. The van der Waals surface area contributed by atoms with E-state index in [2.05, 4.69) is 31.4 Å². The molecule has 1 unspecified atom stereocenters. The minimum absolute atomic E-state index is 0.0230. The predicted molar refractivity (Wildman–Crippen MR) is 130 cm³/mol. The highest BCUT2D eigenvalue weighted by Gasteiger charge is 2.16. The maximum absolute atomic E-state index is 12.6. The Balaban J connectivity index is 1.62. The molecule has 2 amide bonds. The number of anilines is 2. The molecule has 0 aliphatic carbocycles. The number of hydrogen-bond donors (Lipinski definition) is 2. The van der Waals surface area contributed by atoms with E-state index in [-0.39, 0.29) is 17.2 Å². The zero-order valence-corrected chi connectivity index (χ0v) is 19.4. The summed E-state index contributed by atoms with van der Waals surface area (Å²) >= 11 is 5.95. The fourth-order valence-electron chi connectivity index (χ4n) is 3.04. The van der Waals surface area contributed by atoms with Gasteiger partial charge >= 0.3 is 0 Å². The molecular weight excluding hydrogens is 424 g/mol. The molecule has 166 valence electrons. The Morgan fingerprint density at radius 3 is 2.12 bits per heavy atom. The van der Waals surface area contributed by atoms with E-state index in [1.165, 1.54) is 0 Å². The number of carbonyl (C=O) groups excluding carboxylic acids is 2. The molecule has 32 heavy (non-hydrogen) atoms. The van der Waals surface area contributed by atoms with Crippen molar-refractivity contribution in [2.45, 2.75) is 39.2 Å². The zero-order valence-electron chi connectivity index (χ0n) is 18.6. The van der Waals surface area contributed by atoms with Crippen molar-refractivity contribution in [3.8, 4) is 5.75 Å².